The Kier molecular flexibility index (Phi) is 7.99. The lowest BCUT2D eigenvalue weighted by molar-refractivity contribution is 0.138. The smallest absolute Gasteiger partial charge is 0.407 e. The number of hydrogen-bond donors (Lipinski definition) is 1. The summed E-state index contributed by atoms with van der Waals surface area (Å²) in [5.74, 6) is 0.759. The molecule has 0 heterocycles. The average molecular weight is 310 g/mol. The summed E-state index contributed by atoms with van der Waals surface area (Å²) < 4.78 is 16.6. The zero-order valence-electron chi connectivity index (χ0n) is 13.0. The van der Waals surface area contributed by atoms with Crippen LogP contribution in [-0.2, 0) is 15.9 Å². The van der Waals surface area contributed by atoms with Crippen LogP contribution >= 0.6 is 7.80 Å². The number of carbonyl (C=O) groups is 1. The summed E-state index contributed by atoms with van der Waals surface area (Å²) in [5, 5.41) is 2.77. The summed E-state index contributed by atoms with van der Waals surface area (Å²) in [7, 11) is -1.19. The van der Waals surface area contributed by atoms with Crippen LogP contribution in [0, 0.1) is 11.8 Å². The summed E-state index contributed by atoms with van der Waals surface area (Å²) in [5.41, 5.74) is 0.961. The minimum atomic E-state index is -1.19. The standard InChI is InChI=1S/C16H24NO3P/c1-13(2)9-15(12-21(3)19)10-17-16(18)20-11-14-7-5-4-6-8-14/h4-8,13,15H,9-12H2,1-3H3/p+1. The van der Waals surface area contributed by atoms with Gasteiger partial charge in [0.2, 0.25) is 0 Å². The van der Waals surface area contributed by atoms with Crippen LogP contribution in [-0.4, -0.2) is 25.5 Å². The van der Waals surface area contributed by atoms with E-state index >= 15 is 0 Å². The predicted molar refractivity (Wildman–Crippen MR) is 86.0 cm³/mol. The number of ether oxygens (including phenoxy) is 1. The van der Waals surface area contributed by atoms with Gasteiger partial charge in [0.05, 0.1) is 0 Å². The number of benzene rings is 1. The summed E-state index contributed by atoms with van der Waals surface area (Å²) in [4.78, 5) is 11.7. The highest BCUT2D eigenvalue weighted by Crippen LogP contribution is 2.23. The summed E-state index contributed by atoms with van der Waals surface area (Å²) in [6, 6.07) is 9.57. The SMILES string of the molecule is CC(C)CC(CNC(=O)OCc1ccccc1)C[P+](C)=O. The van der Waals surface area contributed by atoms with E-state index < -0.39 is 13.9 Å². The first-order valence-corrected chi connectivity index (χ1v) is 9.19. The number of amides is 1. The van der Waals surface area contributed by atoms with Crippen molar-refractivity contribution in [2.45, 2.75) is 26.9 Å². The molecule has 1 rings (SSSR count). The number of rotatable bonds is 8. The van der Waals surface area contributed by atoms with Crippen LogP contribution in [0.3, 0.4) is 0 Å². The Balaban J connectivity index is 2.33. The monoisotopic (exact) mass is 310 g/mol. The van der Waals surface area contributed by atoms with Crippen molar-refractivity contribution in [1.82, 2.24) is 5.32 Å². The molecule has 0 saturated heterocycles. The number of nitrogens with one attached hydrogen (secondary N) is 1. The third kappa shape index (κ3) is 8.46. The molecule has 1 aromatic rings. The predicted octanol–water partition coefficient (Wildman–Crippen LogP) is 4.03. The van der Waals surface area contributed by atoms with E-state index in [0.29, 0.717) is 18.6 Å². The molecule has 0 aliphatic carbocycles. The average Bonchev–Trinajstić information content (AvgIpc) is 2.42. The van der Waals surface area contributed by atoms with Gasteiger partial charge in [0.25, 0.3) is 0 Å². The number of alkyl carbamates (subject to hydrolysis) is 1. The Labute approximate surface area is 128 Å². The Morgan fingerprint density at radius 2 is 1.95 bits per heavy atom. The molecule has 4 nitrogen and oxygen atoms in total. The maximum atomic E-state index is 11.7. The summed E-state index contributed by atoms with van der Waals surface area (Å²) >= 11 is 0. The Morgan fingerprint density at radius 3 is 2.52 bits per heavy atom. The van der Waals surface area contributed by atoms with E-state index in [2.05, 4.69) is 19.2 Å². The minimum Gasteiger partial charge on any atom is -0.445 e. The van der Waals surface area contributed by atoms with E-state index in [1.54, 1.807) is 6.66 Å². The zero-order valence-corrected chi connectivity index (χ0v) is 13.9. The molecule has 21 heavy (non-hydrogen) atoms. The highest BCUT2D eigenvalue weighted by atomic mass is 31.1. The van der Waals surface area contributed by atoms with Crippen LogP contribution in [0.2, 0.25) is 0 Å². The highest BCUT2D eigenvalue weighted by Gasteiger charge is 2.20. The van der Waals surface area contributed by atoms with Gasteiger partial charge in [0.15, 0.2) is 0 Å². The van der Waals surface area contributed by atoms with Crippen molar-refractivity contribution < 1.29 is 14.1 Å². The molecule has 0 radical (unpaired) electrons. The molecule has 0 aromatic heterocycles. The molecule has 0 aliphatic rings. The molecule has 2 atom stereocenters. The van der Waals surface area contributed by atoms with E-state index in [-0.39, 0.29) is 12.5 Å². The van der Waals surface area contributed by atoms with Crippen LogP contribution in [0.5, 0.6) is 0 Å². The molecule has 0 spiro atoms. The Hall–Kier alpha value is -1.41. The summed E-state index contributed by atoms with van der Waals surface area (Å²) in [6.45, 7) is 6.77. The van der Waals surface area contributed by atoms with Crippen molar-refractivity contribution in [1.29, 1.82) is 0 Å². The quantitative estimate of drug-likeness (QED) is 0.737. The van der Waals surface area contributed by atoms with Crippen molar-refractivity contribution >= 4 is 13.9 Å². The molecule has 1 aromatic carbocycles. The van der Waals surface area contributed by atoms with E-state index in [0.717, 1.165) is 12.0 Å². The topological polar surface area (TPSA) is 55.4 Å². The van der Waals surface area contributed by atoms with E-state index in [1.807, 2.05) is 30.3 Å². The van der Waals surface area contributed by atoms with Gasteiger partial charge >= 0.3 is 13.9 Å². The van der Waals surface area contributed by atoms with E-state index in [4.69, 9.17) is 4.74 Å². The lowest BCUT2D eigenvalue weighted by Gasteiger charge is -2.15. The second-order valence-electron chi connectivity index (χ2n) is 5.75. The fourth-order valence-corrected chi connectivity index (χ4v) is 3.26. The van der Waals surface area contributed by atoms with Gasteiger partial charge in [-0.25, -0.2) is 4.79 Å². The van der Waals surface area contributed by atoms with Crippen molar-refractivity contribution in [3.63, 3.8) is 0 Å². The molecule has 116 valence electrons. The van der Waals surface area contributed by atoms with Gasteiger partial charge in [-0.1, -0.05) is 48.7 Å². The van der Waals surface area contributed by atoms with Crippen LogP contribution in [0.1, 0.15) is 25.8 Å². The fourth-order valence-electron chi connectivity index (χ4n) is 2.25. The molecule has 0 bridgehead atoms. The lowest BCUT2D eigenvalue weighted by atomic mass is 9.99. The van der Waals surface area contributed by atoms with Gasteiger partial charge in [-0.15, -0.1) is 0 Å². The van der Waals surface area contributed by atoms with Gasteiger partial charge in [-0.2, -0.15) is 0 Å². The van der Waals surface area contributed by atoms with Crippen molar-refractivity contribution in [3.8, 4) is 0 Å². The van der Waals surface area contributed by atoms with Crippen LogP contribution < -0.4 is 5.32 Å². The highest BCUT2D eigenvalue weighted by molar-refractivity contribution is 7.43. The first kappa shape index (κ1) is 17.6. The number of hydrogen-bond acceptors (Lipinski definition) is 3. The molecular weight excluding hydrogens is 285 g/mol. The molecular formula is C16H25NO3P+. The third-order valence-electron chi connectivity index (χ3n) is 3.07. The fraction of sp³-hybridized carbons (Fsp3) is 0.562. The second-order valence-corrected chi connectivity index (χ2v) is 7.37. The Morgan fingerprint density at radius 1 is 1.29 bits per heavy atom. The van der Waals surface area contributed by atoms with Gasteiger partial charge in [0, 0.05) is 12.5 Å². The largest absolute Gasteiger partial charge is 0.445 e. The van der Waals surface area contributed by atoms with Gasteiger partial charge in [-0.05, 0) is 17.9 Å². The Bertz CT molecular complexity index is 448. The first-order chi connectivity index (χ1) is 9.97. The third-order valence-corrected chi connectivity index (χ3v) is 4.10. The molecule has 1 N–H and O–H groups in total. The van der Waals surface area contributed by atoms with Crippen LogP contribution in [0.25, 0.3) is 0 Å². The summed E-state index contributed by atoms with van der Waals surface area (Å²) in [6.07, 6.45) is 1.18. The molecule has 0 saturated carbocycles. The zero-order chi connectivity index (χ0) is 15.7. The van der Waals surface area contributed by atoms with Crippen molar-refractivity contribution in [3.05, 3.63) is 35.9 Å². The van der Waals surface area contributed by atoms with E-state index in [1.165, 1.54) is 0 Å². The van der Waals surface area contributed by atoms with Crippen LogP contribution in [0.15, 0.2) is 30.3 Å². The molecule has 5 heteroatoms. The second kappa shape index (κ2) is 9.51. The molecule has 0 fully saturated rings. The minimum absolute atomic E-state index is 0.239. The normalized spacial score (nSPS) is 12.9. The van der Waals surface area contributed by atoms with E-state index in [9.17, 15) is 9.36 Å². The first-order valence-electron chi connectivity index (χ1n) is 7.30. The molecule has 0 aliphatic heterocycles. The molecule has 2 unspecified atom stereocenters. The van der Waals surface area contributed by atoms with Gasteiger partial charge in [0.1, 0.15) is 19.4 Å². The van der Waals surface area contributed by atoms with Crippen molar-refractivity contribution in [2.24, 2.45) is 11.8 Å². The maximum Gasteiger partial charge on any atom is 0.407 e. The lowest BCUT2D eigenvalue weighted by Crippen LogP contribution is -2.31. The van der Waals surface area contributed by atoms with Crippen LogP contribution in [0.4, 0.5) is 4.79 Å². The van der Waals surface area contributed by atoms with Crippen molar-refractivity contribution in [2.75, 3.05) is 19.4 Å². The molecule has 1 amide bonds. The van der Waals surface area contributed by atoms with Gasteiger partial charge < -0.3 is 10.1 Å². The number of carbonyl (C=O) groups excluding carboxylic acids is 1. The van der Waals surface area contributed by atoms with Gasteiger partial charge in [-0.3, -0.25) is 0 Å². The maximum absolute atomic E-state index is 11.7.